The zero-order valence-corrected chi connectivity index (χ0v) is 4.98. The molecule has 5 heteroatoms. The molecule has 0 saturated carbocycles. The van der Waals surface area contributed by atoms with Crippen molar-refractivity contribution in [3.05, 3.63) is 28.8 Å². The first-order valence-corrected chi connectivity index (χ1v) is 2.75. The van der Waals surface area contributed by atoms with Gasteiger partial charge >= 0.3 is 0 Å². The first-order valence-electron chi connectivity index (χ1n) is 2.75. The first kappa shape index (κ1) is 5.16. The van der Waals surface area contributed by atoms with Crippen LogP contribution < -0.4 is 5.56 Å². The van der Waals surface area contributed by atoms with Gasteiger partial charge < -0.3 is 0 Å². The fourth-order valence-corrected chi connectivity index (χ4v) is 0.775. The van der Waals surface area contributed by atoms with Gasteiger partial charge in [0.05, 0.1) is 12.3 Å². The molecule has 50 valence electrons. The van der Waals surface area contributed by atoms with Gasteiger partial charge in [-0.05, 0) is 0 Å². The molecule has 2 rings (SSSR count). The predicted molar refractivity (Wildman–Crippen MR) is 33.6 cm³/mol. The number of nitrogens with zero attached hydrogens (tertiary/aromatic N) is 3. The summed E-state index contributed by atoms with van der Waals surface area (Å²) >= 11 is 0. The second-order valence-electron chi connectivity index (χ2n) is 1.86. The average Bonchev–Trinajstić information content (AvgIpc) is 2.27. The largest absolute Gasteiger partial charge is 0.268 e. The summed E-state index contributed by atoms with van der Waals surface area (Å²) in [6.07, 6.45) is 3.13. The third-order valence-electron chi connectivity index (χ3n) is 1.18. The zero-order chi connectivity index (χ0) is 6.97. The van der Waals surface area contributed by atoms with Crippen molar-refractivity contribution in [2.75, 3.05) is 0 Å². The van der Waals surface area contributed by atoms with Crippen LogP contribution in [0.15, 0.2) is 23.3 Å². The van der Waals surface area contributed by atoms with Gasteiger partial charge in [-0.3, -0.25) is 9.89 Å². The molecule has 0 radical (unpaired) electrons. The molecule has 0 aliphatic heterocycles. The minimum atomic E-state index is -0.166. The predicted octanol–water partition coefficient (Wildman–Crippen LogP) is -0.582. The van der Waals surface area contributed by atoms with Crippen LogP contribution in [-0.4, -0.2) is 19.8 Å². The molecule has 0 aliphatic carbocycles. The van der Waals surface area contributed by atoms with Crippen LogP contribution in [0.3, 0.4) is 0 Å². The van der Waals surface area contributed by atoms with E-state index in [1.165, 1.54) is 16.8 Å². The van der Waals surface area contributed by atoms with Gasteiger partial charge in [0, 0.05) is 6.20 Å². The summed E-state index contributed by atoms with van der Waals surface area (Å²) in [6, 6.07) is 1.38. The van der Waals surface area contributed by atoms with Crippen LogP contribution in [0.1, 0.15) is 0 Å². The Hall–Kier alpha value is -1.65. The number of nitrogens with one attached hydrogen (secondary N) is 1. The van der Waals surface area contributed by atoms with Crippen LogP contribution in [-0.2, 0) is 0 Å². The molecule has 0 saturated heterocycles. The number of fused-ring (bicyclic) bond motifs is 1. The molecule has 2 aromatic heterocycles. The number of hydrogen-bond acceptors (Lipinski definition) is 3. The molecule has 0 aromatic carbocycles. The number of aromatic nitrogens is 4. The molecule has 0 atom stereocenters. The number of rotatable bonds is 0. The average molecular weight is 136 g/mol. The molecule has 0 aliphatic rings. The second-order valence-corrected chi connectivity index (χ2v) is 1.86. The van der Waals surface area contributed by atoms with E-state index in [4.69, 9.17) is 0 Å². The van der Waals surface area contributed by atoms with E-state index in [1.54, 1.807) is 6.20 Å². The van der Waals surface area contributed by atoms with Crippen molar-refractivity contribution in [3.8, 4) is 0 Å². The Bertz CT molecular complexity index is 365. The molecule has 0 fully saturated rings. The first-order chi connectivity index (χ1) is 4.86. The lowest BCUT2D eigenvalue weighted by Gasteiger charge is -1.85. The summed E-state index contributed by atoms with van der Waals surface area (Å²) in [4.78, 5) is 10.6. The van der Waals surface area contributed by atoms with Gasteiger partial charge in [-0.15, -0.1) is 5.10 Å². The van der Waals surface area contributed by atoms with Crippen LogP contribution >= 0.6 is 0 Å². The lowest BCUT2D eigenvalue weighted by Crippen LogP contribution is -1.98. The van der Waals surface area contributed by atoms with Gasteiger partial charge in [0.1, 0.15) is 0 Å². The van der Waals surface area contributed by atoms with E-state index in [0.717, 1.165) is 0 Å². The van der Waals surface area contributed by atoms with Gasteiger partial charge in [0.2, 0.25) is 0 Å². The standard InChI is InChI=1S/C5H4N4O/c10-5-3-4-7-6-1-2-9(4)8-5/h1-3H,(H,8,10). The molecule has 2 heterocycles. The minimum Gasteiger partial charge on any atom is -0.268 e. The van der Waals surface area contributed by atoms with E-state index in [0.29, 0.717) is 5.65 Å². The molecule has 10 heavy (non-hydrogen) atoms. The Morgan fingerprint density at radius 1 is 1.60 bits per heavy atom. The maximum Gasteiger partial charge on any atom is 0.266 e. The van der Waals surface area contributed by atoms with E-state index in [2.05, 4.69) is 15.3 Å². The molecule has 5 nitrogen and oxygen atoms in total. The van der Waals surface area contributed by atoms with Crippen LogP contribution in [0.25, 0.3) is 5.65 Å². The summed E-state index contributed by atoms with van der Waals surface area (Å²) in [5, 5.41) is 9.80. The van der Waals surface area contributed by atoms with Crippen molar-refractivity contribution in [2.45, 2.75) is 0 Å². The molecule has 2 aromatic rings. The highest BCUT2D eigenvalue weighted by atomic mass is 16.1. The fourth-order valence-electron chi connectivity index (χ4n) is 0.775. The maximum absolute atomic E-state index is 10.6. The quantitative estimate of drug-likeness (QED) is 0.526. The van der Waals surface area contributed by atoms with Gasteiger partial charge in [0.15, 0.2) is 5.65 Å². The Labute approximate surface area is 55.3 Å². The normalized spacial score (nSPS) is 10.4. The van der Waals surface area contributed by atoms with Crippen molar-refractivity contribution >= 4 is 5.65 Å². The van der Waals surface area contributed by atoms with E-state index in [9.17, 15) is 4.79 Å². The molecule has 0 amide bonds. The Balaban J connectivity index is 3.01. The van der Waals surface area contributed by atoms with Crippen molar-refractivity contribution < 1.29 is 0 Å². The minimum absolute atomic E-state index is 0.166. The smallest absolute Gasteiger partial charge is 0.266 e. The van der Waals surface area contributed by atoms with Crippen LogP contribution in [0, 0.1) is 0 Å². The highest BCUT2D eigenvalue weighted by molar-refractivity contribution is 5.32. The molecule has 1 N–H and O–H groups in total. The Morgan fingerprint density at radius 3 is 3.30 bits per heavy atom. The van der Waals surface area contributed by atoms with Crippen molar-refractivity contribution in [3.63, 3.8) is 0 Å². The van der Waals surface area contributed by atoms with Gasteiger partial charge in [-0.2, -0.15) is 5.10 Å². The summed E-state index contributed by atoms with van der Waals surface area (Å²) in [7, 11) is 0. The Kier molecular flexibility index (Phi) is 0.858. The lowest BCUT2D eigenvalue weighted by atomic mass is 10.7. The van der Waals surface area contributed by atoms with E-state index in [-0.39, 0.29) is 5.56 Å². The topological polar surface area (TPSA) is 63.1 Å². The Morgan fingerprint density at radius 2 is 2.50 bits per heavy atom. The zero-order valence-electron chi connectivity index (χ0n) is 4.98. The van der Waals surface area contributed by atoms with Crippen molar-refractivity contribution in [1.82, 2.24) is 19.8 Å². The molecular formula is C5H4N4O. The van der Waals surface area contributed by atoms with Crippen LogP contribution in [0.2, 0.25) is 0 Å². The number of hydrogen-bond donors (Lipinski definition) is 1. The molecule has 0 spiro atoms. The van der Waals surface area contributed by atoms with Gasteiger partial charge in [-0.1, -0.05) is 0 Å². The van der Waals surface area contributed by atoms with Crippen molar-refractivity contribution in [2.24, 2.45) is 0 Å². The third kappa shape index (κ3) is 0.604. The maximum atomic E-state index is 10.6. The number of H-pyrrole nitrogens is 1. The molecule has 0 bridgehead atoms. The lowest BCUT2D eigenvalue weighted by molar-refractivity contribution is 0.877. The molecule has 0 unspecified atom stereocenters. The highest BCUT2D eigenvalue weighted by Crippen LogP contribution is 1.86. The fraction of sp³-hybridized carbons (Fsp3) is 0. The molecular weight excluding hydrogens is 132 g/mol. The van der Waals surface area contributed by atoms with Crippen molar-refractivity contribution in [1.29, 1.82) is 0 Å². The van der Waals surface area contributed by atoms with Gasteiger partial charge in [-0.25, -0.2) is 4.52 Å². The van der Waals surface area contributed by atoms with Crippen LogP contribution in [0.4, 0.5) is 0 Å². The monoisotopic (exact) mass is 136 g/mol. The van der Waals surface area contributed by atoms with E-state index >= 15 is 0 Å². The third-order valence-corrected chi connectivity index (χ3v) is 1.18. The summed E-state index contributed by atoms with van der Waals surface area (Å²) in [5.41, 5.74) is 0.369. The van der Waals surface area contributed by atoms with E-state index < -0.39 is 0 Å². The summed E-state index contributed by atoms with van der Waals surface area (Å²) < 4.78 is 1.51. The summed E-state index contributed by atoms with van der Waals surface area (Å²) in [6.45, 7) is 0. The number of aromatic amines is 1. The highest BCUT2D eigenvalue weighted by Gasteiger charge is 1.92. The van der Waals surface area contributed by atoms with E-state index in [1.807, 2.05) is 0 Å². The SMILES string of the molecule is O=c1cc2nnccn2[nH]1. The van der Waals surface area contributed by atoms with Crippen LogP contribution in [0.5, 0.6) is 0 Å². The summed E-state index contributed by atoms with van der Waals surface area (Å²) in [5.74, 6) is 0. The second kappa shape index (κ2) is 1.66. The van der Waals surface area contributed by atoms with Gasteiger partial charge in [0.25, 0.3) is 5.56 Å².